The van der Waals surface area contributed by atoms with Gasteiger partial charge in [-0.1, -0.05) is 25.0 Å². The monoisotopic (exact) mass is 278 g/mol. The highest BCUT2D eigenvalue weighted by molar-refractivity contribution is 5.86. The Kier molecular flexibility index (Phi) is 4.12. The zero-order chi connectivity index (χ0) is 14.6. The van der Waals surface area contributed by atoms with Crippen LogP contribution in [0.15, 0.2) is 24.3 Å². The molecule has 0 aromatic heterocycles. The number of carboxylic acid groups (broad SMARTS) is 1. The van der Waals surface area contributed by atoms with Crippen molar-refractivity contribution in [3.8, 4) is 5.75 Å². The van der Waals surface area contributed by atoms with E-state index < -0.39 is 17.5 Å². The van der Waals surface area contributed by atoms with Gasteiger partial charge in [-0.15, -0.1) is 0 Å². The van der Waals surface area contributed by atoms with E-state index >= 15 is 0 Å². The van der Waals surface area contributed by atoms with Gasteiger partial charge in [0.15, 0.2) is 0 Å². The number of phenolic OH excluding ortho intramolecular Hbond substituents is 1. The SMILES string of the molecule is O=C(NCc1cccc(O)c1)NC1(C(=O)O)CCCC1. The number of aliphatic carboxylic acids is 1. The van der Waals surface area contributed by atoms with E-state index in [9.17, 15) is 19.8 Å². The van der Waals surface area contributed by atoms with Crippen LogP contribution in [0.2, 0.25) is 0 Å². The first-order valence-electron chi connectivity index (χ1n) is 6.59. The molecule has 2 rings (SSSR count). The number of phenols is 1. The first-order chi connectivity index (χ1) is 9.52. The van der Waals surface area contributed by atoms with Crippen LogP contribution >= 0.6 is 0 Å². The van der Waals surface area contributed by atoms with E-state index in [-0.39, 0.29) is 12.3 Å². The van der Waals surface area contributed by atoms with E-state index in [1.165, 1.54) is 0 Å². The fourth-order valence-corrected chi connectivity index (χ4v) is 2.48. The number of nitrogens with one attached hydrogen (secondary N) is 2. The summed E-state index contributed by atoms with van der Waals surface area (Å²) in [5, 5.41) is 23.7. The van der Waals surface area contributed by atoms with E-state index in [4.69, 9.17) is 0 Å². The molecule has 1 aromatic carbocycles. The van der Waals surface area contributed by atoms with Gasteiger partial charge in [-0.25, -0.2) is 9.59 Å². The van der Waals surface area contributed by atoms with Crippen molar-refractivity contribution in [3.63, 3.8) is 0 Å². The summed E-state index contributed by atoms with van der Waals surface area (Å²) in [6.07, 6.45) is 2.53. The lowest BCUT2D eigenvalue weighted by atomic mass is 9.98. The molecule has 4 N–H and O–H groups in total. The Morgan fingerprint density at radius 3 is 2.55 bits per heavy atom. The fourth-order valence-electron chi connectivity index (χ4n) is 2.48. The third-order valence-electron chi connectivity index (χ3n) is 3.58. The van der Waals surface area contributed by atoms with Crippen LogP contribution in [0.5, 0.6) is 5.75 Å². The van der Waals surface area contributed by atoms with E-state index in [2.05, 4.69) is 10.6 Å². The van der Waals surface area contributed by atoms with Gasteiger partial charge in [0, 0.05) is 6.54 Å². The predicted octanol–water partition coefficient (Wildman–Crippen LogP) is 1.59. The zero-order valence-corrected chi connectivity index (χ0v) is 11.1. The molecule has 6 heteroatoms. The summed E-state index contributed by atoms with van der Waals surface area (Å²) in [5.74, 6) is -0.856. The number of carboxylic acids is 1. The van der Waals surface area contributed by atoms with E-state index in [1.807, 2.05) is 0 Å². The molecular formula is C14H18N2O4. The first-order valence-corrected chi connectivity index (χ1v) is 6.59. The maximum absolute atomic E-state index is 11.8. The van der Waals surface area contributed by atoms with Crippen molar-refractivity contribution in [1.29, 1.82) is 0 Å². The highest BCUT2D eigenvalue weighted by Gasteiger charge is 2.42. The summed E-state index contributed by atoms with van der Waals surface area (Å²) in [4.78, 5) is 23.1. The quantitative estimate of drug-likeness (QED) is 0.672. The van der Waals surface area contributed by atoms with Crippen LogP contribution in [-0.2, 0) is 11.3 Å². The lowest BCUT2D eigenvalue weighted by Crippen LogP contribution is -2.55. The van der Waals surface area contributed by atoms with Crippen LogP contribution in [0.3, 0.4) is 0 Å². The molecule has 0 aliphatic heterocycles. The number of amides is 2. The van der Waals surface area contributed by atoms with Crippen molar-refractivity contribution < 1.29 is 19.8 Å². The lowest BCUT2D eigenvalue weighted by molar-refractivity contribution is -0.144. The summed E-state index contributed by atoms with van der Waals surface area (Å²) in [6.45, 7) is 0.232. The minimum atomic E-state index is -1.14. The molecule has 0 atom stereocenters. The van der Waals surface area contributed by atoms with Crippen LogP contribution in [0.4, 0.5) is 4.79 Å². The second-order valence-electron chi connectivity index (χ2n) is 5.07. The van der Waals surface area contributed by atoms with E-state index in [1.54, 1.807) is 24.3 Å². The fraction of sp³-hybridized carbons (Fsp3) is 0.429. The third kappa shape index (κ3) is 3.20. The Balaban J connectivity index is 1.90. The molecule has 0 radical (unpaired) electrons. The Labute approximate surface area is 116 Å². The van der Waals surface area contributed by atoms with Crippen molar-refractivity contribution in [1.82, 2.24) is 10.6 Å². The van der Waals surface area contributed by atoms with Crippen molar-refractivity contribution in [3.05, 3.63) is 29.8 Å². The largest absolute Gasteiger partial charge is 0.508 e. The molecule has 0 saturated heterocycles. The maximum Gasteiger partial charge on any atom is 0.329 e. The van der Waals surface area contributed by atoms with Crippen LogP contribution in [0.1, 0.15) is 31.2 Å². The summed E-state index contributed by atoms with van der Waals surface area (Å²) in [6, 6.07) is 6.03. The highest BCUT2D eigenvalue weighted by Crippen LogP contribution is 2.29. The number of aromatic hydroxyl groups is 1. The summed E-state index contributed by atoms with van der Waals surface area (Å²) < 4.78 is 0. The van der Waals surface area contributed by atoms with E-state index in [0.29, 0.717) is 12.8 Å². The molecule has 2 amide bonds. The maximum atomic E-state index is 11.8. The van der Waals surface area contributed by atoms with Crippen LogP contribution in [-0.4, -0.2) is 27.8 Å². The highest BCUT2D eigenvalue weighted by atomic mass is 16.4. The van der Waals surface area contributed by atoms with Crippen molar-refractivity contribution >= 4 is 12.0 Å². The minimum Gasteiger partial charge on any atom is -0.508 e. The van der Waals surface area contributed by atoms with Crippen molar-refractivity contribution in [2.75, 3.05) is 0 Å². The smallest absolute Gasteiger partial charge is 0.329 e. The van der Waals surface area contributed by atoms with Crippen LogP contribution in [0, 0.1) is 0 Å². The molecule has 1 aliphatic rings. The Hall–Kier alpha value is -2.24. The second-order valence-corrected chi connectivity index (χ2v) is 5.07. The Bertz CT molecular complexity index is 510. The lowest BCUT2D eigenvalue weighted by Gasteiger charge is -2.25. The van der Waals surface area contributed by atoms with Gasteiger partial charge in [0.05, 0.1) is 0 Å². The summed E-state index contributed by atoms with van der Waals surface area (Å²) in [7, 11) is 0. The standard InChI is InChI=1S/C14H18N2O4/c17-11-5-3-4-10(8-11)9-15-13(20)16-14(12(18)19)6-1-2-7-14/h3-5,8,17H,1-2,6-7,9H2,(H,18,19)(H2,15,16,20). The zero-order valence-electron chi connectivity index (χ0n) is 11.1. The number of hydrogen-bond acceptors (Lipinski definition) is 3. The Morgan fingerprint density at radius 1 is 1.25 bits per heavy atom. The Morgan fingerprint density at radius 2 is 1.95 bits per heavy atom. The molecule has 0 bridgehead atoms. The number of carbonyl (C=O) groups excluding carboxylic acids is 1. The normalized spacial score (nSPS) is 16.6. The van der Waals surface area contributed by atoms with Crippen molar-refractivity contribution in [2.24, 2.45) is 0 Å². The molecule has 1 aliphatic carbocycles. The summed E-state index contributed by atoms with van der Waals surface area (Å²) in [5.41, 5.74) is -0.390. The number of rotatable bonds is 4. The third-order valence-corrected chi connectivity index (χ3v) is 3.58. The topological polar surface area (TPSA) is 98.7 Å². The molecule has 1 saturated carbocycles. The summed E-state index contributed by atoms with van der Waals surface area (Å²) >= 11 is 0. The van der Waals surface area contributed by atoms with Gasteiger partial charge in [-0.05, 0) is 30.5 Å². The average molecular weight is 278 g/mol. The van der Waals surface area contributed by atoms with Gasteiger partial charge in [0.25, 0.3) is 0 Å². The molecular weight excluding hydrogens is 260 g/mol. The van der Waals surface area contributed by atoms with Gasteiger partial charge in [-0.3, -0.25) is 0 Å². The minimum absolute atomic E-state index is 0.127. The molecule has 0 unspecified atom stereocenters. The second kappa shape index (κ2) is 5.81. The molecule has 6 nitrogen and oxygen atoms in total. The molecule has 1 fully saturated rings. The number of carbonyl (C=O) groups is 2. The van der Waals surface area contributed by atoms with E-state index in [0.717, 1.165) is 18.4 Å². The molecule has 0 heterocycles. The van der Waals surface area contributed by atoms with Crippen LogP contribution < -0.4 is 10.6 Å². The number of hydrogen-bond donors (Lipinski definition) is 4. The van der Waals surface area contributed by atoms with Crippen LogP contribution in [0.25, 0.3) is 0 Å². The predicted molar refractivity (Wildman–Crippen MR) is 72.3 cm³/mol. The number of benzene rings is 1. The average Bonchev–Trinajstić information content (AvgIpc) is 2.86. The van der Waals surface area contributed by atoms with Gasteiger partial charge >= 0.3 is 12.0 Å². The first kappa shape index (κ1) is 14.2. The van der Waals surface area contributed by atoms with Crippen molar-refractivity contribution in [2.45, 2.75) is 37.8 Å². The van der Waals surface area contributed by atoms with Gasteiger partial charge in [0.1, 0.15) is 11.3 Å². The molecule has 1 aromatic rings. The molecule has 20 heavy (non-hydrogen) atoms. The number of urea groups is 1. The molecule has 108 valence electrons. The van der Waals surface area contributed by atoms with Gasteiger partial charge < -0.3 is 20.8 Å². The van der Waals surface area contributed by atoms with Gasteiger partial charge in [0.2, 0.25) is 0 Å². The molecule has 0 spiro atoms. The van der Waals surface area contributed by atoms with Gasteiger partial charge in [-0.2, -0.15) is 0 Å².